The van der Waals surface area contributed by atoms with Crippen LogP contribution in [0.1, 0.15) is 65.6 Å². The van der Waals surface area contributed by atoms with Crippen LogP contribution < -0.4 is 10.6 Å². The van der Waals surface area contributed by atoms with Crippen LogP contribution in [-0.4, -0.2) is 32.9 Å². The Morgan fingerprint density at radius 3 is 2.78 bits per heavy atom. The summed E-state index contributed by atoms with van der Waals surface area (Å²) in [7, 11) is 0. The van der Waals surface area contributed by atoms with Crippen LogP contribution >= 0.6 is 0 Å². The average Bonchev–Trinajstić information content (AvgIpc) is 3.06. The molecule has 3 rings (SSSR count). The second kappa shape index (κ2) is 8.79. The molecule has 0 aromatic carbocycles. The fourth-order valence-corrected chi connectivity index (χ4v) is 3.21. The number of amides is 2. The predicted octanol–water partition coefficient (Wildman–Crippen LogP) is 2.32. The van der Waals surface area contributed by atoms with Gasteiger partial charge in [-0.25, -0.2) is 4.98 Å². The summed E-state index contributed by atoms with van der Waals surface area (Å²) in [5.41, 5.74) is 2.00. The Morgan fingerprint density at radius 1 is 1.19 bits per heavy atom. The van der Waals surface area contributed by atoms with Gasteiger partial charge in [-0.15, -0.1) is 0 Å². The lowest BCUT2D eigenvalue weighted by molar-refractivity contribution is 0.0936. The molecule has 144 valence electrons. The summed E-state index contributed by atoms with van der Waals surface area (Å²) < 4.78 is 1.91. The molecule has 7 heteroatoms. The van der Waals surface area contributed by atoms with Gasteiger partial charge in [-0.3, -0.25) is 14.6 Å². The number of rotatable bonds is 7. The van der Waals surface area contributed by atoms with Crippen molar-refractivity contribution in [2.45, 2.75) is 52.6 Å². The SMILES string of the molecule is CC(C)CCNC(=O)c1nc(C(=O)NCc2ccccn2)c2n1CCCC2. The number of fused-ring (bicyclic) bond motifs is 1. The minimum atomic E-state index is -0.257. The normalized spacial score (nSPS) is 13.3. The molecule has 0 saturated carbocycles. The predicted molar refractivity (Wildman–Crippen MR) is 102 cm³/mol. The molecule has 2 amide bonds. The van der Waals surface area contributed by atoms with Crippen LogP contribution in [0.25, 0.3) is 0 Å². The lowest BCUT2D eigenvalue weighted by atomic mass is 10.1. The number of nitrogens with one attached hydrogen (secondary N) is 2. The highest BCUT2D eigenvalue weighted by molar-refractivity contribution is 5.97. The Bertz CT molecular complexity index is 798. The molecule has 7 nitrogen and oxygen atoms in total. The second-order valence-electron chi connectivity index (χ2n) is 7.28. The number of nitrogens with zero attached hydrogens (tertiary/aromatic N) is 3. The number of imidazole rings is 1. The molecular weight excluding hydrogens is 342 g/mol. The summed E-state index contributed by atoms with van der Waals surface area (Å²) in [6.07, 6.45) is 5.36. The van der Waals surface area contributed by atoms with Crippen molar-refractivity contribution in [2.75, 3.05) is 6.54 Å². The Hall–Kier alpha value is -2.70. The minimum absolute atomic E-state index is 0.206. The van der Waals surface area contributed by atoms with E-state index in [9.17, 15) is 9.59 Å². The summed E-state index contributed by atoms with van der Waals surface area (Å²) in [6, 6.07) is 5.57. The van der Waals surface area contributed by atoms with Crippen molar-refractivity contribution in [3.63, 3.8) is 0 Å². The van der Waals surface area contributed by atoms with Gasteiger partial charge in [0.15, 0.2) is 5.82 Å². The van der Waals surface area contributed by atoms with Gasteiger partial charge in [0.05, 0.1) is 17.9 Å². The van der Waals surface area contributed by atoms with Crippen molar-refractivity contribution >= 4 is 11.8 Å². The van der Waals surface area contributed by atoms with Crippen molar-refractivity contribution in [3.8, 4) is 0 Å². The Balaban J connectivity index is 1.74. The molecule has 0 fully saturated rings. The second-order valence-corrected chi connectivity index (χ2v) is 7.28. The zero-order valence-corrected chi connectivity index (χ0v) is 16.0. The number of pyridine rings is 1. The van der Waals surface area contributed by atoms with E-state index in [-0.39, 0.29) is 11.8 Å². The van der Waals surface area contributed by atoms with Gasteiger partial charge in [-0.05, 0) is 43.7 Å². The number of hydrogen-bond donors (Lipinski definition) is 2. The molecule has 0 atom stereocenters. The van der Waals surface area contributed by atoms with Crippen LogP contribution in [0.5, 0.6) is 0 Å². The van der Waals surface area contributed by atoms with Gasteiger partial charge < -0.3 is 15.2 Å². The lowest BCUT2D eigenvalue weighted by Gasteiger charge is -2.17. The van der Waals surface area contributed by atoms with Crippen molar-refractivity contribution in [1.82, 2.24) is 25.2 Å². The molecule has 0 saturated heterocycles. The zero-order chi connectivity index (χ0) is 19.2. The van der Waals surface area contributed by atoms with Crippen molar-refractivity contribution < 1.29 is 9.59 Å². The third kappa shape index (κ3) is 4.72. The summed E-state index contributed by atoms with van der Waals surface area (Å²) in [5.74, 6) is 0.402. The van der Waals surface area contributed by atoms with Gasteiger partial charge in [-0.1, -0.05) is 19.9 Å². The van der Waals surface area contributed by atoms with Crippen LogP contribution in [0.2, 0.25) is 0 Å². The highest BCUT2D eigenvalue weighted by Gasteiger charge is 2.27. The van der Waals surface area contributed by atoms with E-state index >= 15 is 0 Å². The van der Waals surface area contributed by atoms with E-state index in [0.717, 1.165) is 43.6 Å². The monoisotopic (exact) mass is 369 g/mol. The molecule has 0 unspecified atom stereocenters. The Morgan fingerprint density at radius 2 is 2.04 bits per heavy atom. The molecule has 2 aromatic heterocycles. The number of carbonyl (C=O) groups is 2. The smallest absolute Gasteiger partial charge is 0.287 e. The molecule has 0 bridgehead atoms. The standard InChI is InChI=1S/C20H27N5O2/c1-14(2)9-11-22-20(27)18-24-17(16-8-4-6-12-25(16)18)19(26)23-13-15-7-3-5-10-21-15/h3,5,7,10,14H,4,6,8-9,11-13H2,1-2H3,(H,22,27)(H,23,26). The Labute approximate surface area is 159 Å². The van der Waals surface area contributed by atoms with E-state index in [0.29, 0.717) is 30.5 Å². The highest BCUT2D eigenvalue weighted by Crippen LogP contribution is 2.21. The summed E-state index contributed by atoms with van der Waals surface area (Å²) >= 11 is 0. The largest absolute Gasteiger partial charge is 0.349 e. The van der Waals surface area contributed by atoms with E-state index in [4.69, 9.17) is 0 Å². The van der Waals surface area contributed by atoms with E-state index < -0.39 is 0 Å². The number of hydrogen-bond acceptors (Lipinski definition) is 4. The zero-order valence-electron chi connectivity index (χ0n) is 16.0. The fourth-order valence-electron chi connectivity index (χ4n) is 3.21. The van der Waals surface area contributed by atoms with Crippen LogP contribution in [-0.2, 0) is 19.5 Å². The maximum absolute atomic E-state index is 12.7. The lowest BCUT2D eigenvalue weighted by Crippen LogP contribution is -2.29. The minimum Gasteiger partial charge on any atom is -0.349 e. The molecule has 2 N–H and O–H groups in total. The first-order valence-electron chi connectivity index (χ1n) is 9.62. The molecule has 0 spiro atoms. The molecule has 1 aliphatic rings. The summed E-state index contributed by atoms with van der Waals surface area (Å²) in [5, 5.41) is 5.79. The topological polar surface area (TPSA) is 88.9 Å². The van der Waals surface area contributed by atoms with Gasteiger partial charge in [0.25, 0.3) is 11.8 Å². The van der Waals surface area contributed by atoms with Gasteiger partial charge in [0.1, 0.15) is 5.69 Å². The van der Waals surface area contributed by atoms with Gasteiger partial charge in [0.2, 0.25) is 0 Å². The van der Waals surface area contributed by atoms with E-state index in [1.807, 2.05) is 22.8 Å². The first-order valence-corrected chi connectivity index (χ1v) is 9.62. The number of aromatic nitrogens is 3. The first-order chi connectivity index (χ1) is 13.1. The third-order valence-corrected chi connectivity index (χ3v) is 4.70. The molecular formula is C20H27N5O2. The summed E-state index contributed by atoms with van der Waals surface area (Å²) in [4.78, 5) is 33.9. The van der Waals surface area contributed by atoms with Gasteiger partial charge >= 0.3 is 0 Å². The van der Waals surface area contributed by atoms with Crippen molar-refractivity contribution in [2.24, 2.45) is 5.92 Å². The van der Waals surface area contributed by atoms with Gasteiger partial charge in [-0.2, -0.15) is 0 Å². The first kappa shape index (κ1) is 19.1. The maximum atomic E-state index is 12.7. The maximum Gasteiger partial charge on any atom is 0.287 e. The molecule has 3 heterocycles. The molecule has 2 aromatic rings. The van der Waals surface area contributed by atoms with Crippen molar-refractivity contribution in [1.29, 1.82) is 0 Å². The molecule has 0 aliphatic carbocycles. The van der Waals surface area contributed by atoms with E-state index in [1.54, 1.807) is 6.20 Å². The van der Waals surface area contributed by atoms with Crippen molar-refractivity contribution in [3.05, 3.63) is 47.3 Å². The van der Waals surface area contributed by atoms with Crippen LogP contribution in [0.3, 0.4) is 0 Å². The molecule has 27 heavy (non-hydrogen) atoms. The molecule has 0 radical (unpaired) electrons. The third-order valence-electron chi connectivity index (χ3n) is 4.70. The van der Waals surface area contributed by atoms with E-state index in [1.165, 1.54) is 0 Å². The van der Waals surface area contributed by atoms with E-state index in [2.05, 4.69) is 34.4 Å². The molecule has 1 aliphatic heterocycles. The van der Waals surface area contributed by atoms with Crippen LogP contribution in [0, 0.1) is 5.92 Å². The quantitative estimate of drug-likeness (QED) is 0.784. The van der Waals surface area contributed by atoms with Gasteiger partial charge in [0, 0.05) is 19.3 Å². The summed E-state index contributed by atoms with van der Waals surface area (Å²) in [6.45, 7) is 5.91. The fraction of sp³-hybridized carbons (Fsp3) is 0.500. The van der Waals surface area contributed by atoms with Crippen LogP contribution in [0.4, 0.5) is 0 Å². The van der Waals surface area contributed by atoms with Crippen LogP contribution in [0.15, 0.2) is 24.4 Å². The average molecular weight is 369 g/mol. The Kier molecular flexibility index (Phi) is 6.21. The highest BCUT2D eigenvalue weighted by atomic mass is 16.2. The number of carbonyl (C=O) groups excluding carboxylic acids is 2.